The Morgan fingerprint density at radius 3 is 2.34 bits per heavy atom. The zero-order valence-electron chi connectivity index (χ0n) is 16.8. The fraction of sp³-hybridized carbons (Fsp3) is 0.667. The van der Waals surface area contributed by atoms with Gasteiger partial charge in [0.05, 0.1) is 12.4 Å². The molecule has 162 valence electrons. The van der Waals surface area contributed by atoms with Gasteiger partial charge >= 0.3 is 0 Å². The van der Waals surface area contributed by atoms with Crippen LogP contribution in [-0.4, -0.2) is 62.4 Å². The van der Waals surface area contributed by atoms with E-state index >= 15 is 0 Å². The standard InChI is InChI=1S/C21H31NO6S/c23-21(19-9-14-27-15-10-19)22-11-7-18(8-12-22)17-3-5-20(6-4-17)28-13-1-2-16-29(24,25)26/h3-6,18-19H,1-2,7-16H2,(H,24,25,26). The van der Waals surface area contributed by atoms with Crippen molar-refractivity contribution in [3.63, 3.8) is 0 Å². The molecule has 0 spiro atoms. The number of unbranched alkanes of at least 4 members (excludes halogenated alkanes) is 1. The van der Waals surface area contributed by atoms with Crippen molar-refractivity contribution < 1.29 is 27.2 Å². The van der Waals surface area contributed by atoms with Crippen LogP contribution in [0.2, 0.25) is 0 Å². The average molecular weight is 426 g/mol. The molecule has 2 aliphatic rings. The highest BCUT2D eigenvalue weighted by molar-refractivity contribution is 7.85. The molecule has 0 aliphatic carbocycles. The minimum absolute atomic E-state index is 0.134. The molecule has 3 rings (SSSR count). The monoisotopic (exact) mass is 425 g/mol. The van der Waals surface area contributed by atoms with Gasteiger partial charge in [0.2, 0.25) is 5.91 Å². The fourth-order valence-electron chi connectivity index (χ4n) is 4.05. The van der Waals surface area contributed by atoms with Crippen LogP contribution < -0.4 is 4.74 Å². The Balaban J connectivity index is 1.40. The molecule has 1 amide bonds. The molecule has 2 heterocycles. The minimum atomic E-state index is -3.89. The predicted molar refractivity (Wildman–Crippen MR) is 110 cm³/mol. The van der Waals surface area contributed by atoms with Crippen LogP contribution in [0.4, 0.5) is 0 Å². The zero-order valence-corrected chi connectivity index (χ0v) is 17.6. The van der Waals surface area contributed by atoms with Crippen molar-refractivity contribution in [1.82, 2.24) is 4.90 Å². The molecule has 1 N–H and O–H groups in total. The highest BCUT2D eigenvalue weighted by atomic mass is 32.2. The van der Waals surface area contributed by atoms with Crippen LogP contribution in [0.1, 0.15) is 50.0 Å². The number of nitrogens with zero attached hydrogens (tertiary/aromatic N) is 1. The third-order valence-electron chi connectivity index (χ3n) is 5.79. The number of ether oxygens (including phenoxy) is 2. The summed E-state index contributed by atoms with van der Waals surface area (Å²) >= 11 is 0. The number of hydrogen-bond acceptors (Lipinski definition) is 5. The molecule has 1 aromatic rings. The lowest BCUT2D eigenvalue weighted by atomic mass is 9.88. The first kappa shape index (κ1) is 22.1. The van der Waals surface area contributed by atoms with Gasteiger partial charge in [-0.3, -0.25) is 9.35 Å². The molecule has 0 saturated carbocycles. The van der Waals surface area contributed by atoms with E-state index in [-0.39, 0.29) is 11.7 Å². The summed E-state index contributed by atoms with van der Waals surface area (Å²) in [5, 5.41) is 0. The van der Waals surface area contributed by atoms with Crippen molar-refractivity contribution >= 4 is 16.0 Å². The van der Waals surface area contributed by atoms with Crippen molar-refractivity contribution in [3.8, 4) is 5.75 Å². The van der Waals surface area contributed by atoms with Crippen LogP contribution >= 0.6 is 0 Å². The summed E-state index contributed by atoms with van der Waals surface area (Å²) in [5.74, 6) is 1.41. The Bertz CT molecular complexity index is 750. The summed E-state index contributed by atoms with van der Waals surface area (Å²) in [7, 11) is -3.89. The van der Waals surface area contributed by atoms with Gasteiger partial charge < -0.3 is 14.4 Å². The van der Waals surface area contributed by atoms with E-state index in [4.69, 9.17) is 14.0 Å². The van der Waals surface area contributed by atoms with E-state index in [2.05, 4.69) is 12.1 Å². The number of benzene rings is 1. The number of carbonyl (C=O) groups excluding carboxylic acids is 1. The normalized spacial score (nSPS) is 19.3. The largest absolute Gasteiger partial charge is 0.494 e. The SMILES string of the molecule is O=C(C1CCOCC1)N1CCC(c2ccc(OCCCCS(=O)(=O)O)cc2)CC1. The Hall–Kier alpha value is -1.64. The number of piperidine rings is 1. The van der Waals surface area contributed by atoms with Gasteiger partial charge in [-0.25, -0.2) is 0 Å². The first-order chi connectivity index (χ1) is 13.9. The van der Waals surface area contributed by atoms with Crippen LogP contribution in [0.5, 0.6) is 5.75 Å². The summed E-state index contributed by atoms with van der Waals surface area (Å²) in [6.45, 7) is 3.44. The highest BCUT2D eigenvalue weighted by Crippen LogP contribution is 2.30. The van der Waals surface area contributed by atoms with Gasteiger partial charge in [0.25, 0.3) is 10.1 Å². The smallest absolute Gasteiger partial charge is 0.264 e. The van der Waals surface area contributed by atoms with Gasteiger partial charge in [0.15, 0.2) is 0 Å². The molecule has 2 fully saturated rings. The molecule has 2 aliphatic heterocycles. The van der Waals surface area contributed by atoms with Crippen LogP contribution in [0.25, 0.3) is 0 Å². The van der Waals surface area contributed by atoms with Crippen LogP contribution in [0.15, 0.2) is 24.3 Å². The number of amides is 1. The average Bonchev–Trinajstić information content (AvgIpc) is 2.73. The van der Waals surface area contributed by atoms with Gasteiger partial charge in [-0.1, -0.05) is 12.1 Å². The van der Waals surface area contributed by atoms with Gasteiger partial charge in [-0.15, -0.1) is 0 Å². The second kappa shape index (κ2) is 10.4. The molecule has 0 unspecified atom stereocenters. The molecule has 0 aromatic heterocycles. The van der Waals surface area contributed by atoms with E-state index in [1.807, 2.05) is 17.0 Å². The van der Waals surface area contributed by atoms with Gasteiger partial charge in [0.1, 0.15) is 5.75 Å². The third-order valence-corrected chi connectivity index (χ3v) is 6.60. The topological polar surface area (TPSA) is 93.1 Å². The summed E-state index contributed by atoms with van der Waals surface area (Å²) in [4.78, 5) is 14.7. The lowest BCUT2D eigenvalue weighted by Crippen LogP contribution is -2.42. The first-order valence-electron chi connectivity index (χ1n) is 10.5. The van der Waals surface area contributed by atoms with Crippen molar-refractivity contribution in [1.29, 1.82) is 0 Å². The molecular formula is C21H31NO6S. The summed E-state index contributed by atoms with van der Waals surface area (Å²) in [6, 6.07) is 8.04. The van der Waals surface area contributed by atoms with E-state index in [1.54, 1.807) is 0 Å². The Morgan fingerprint density at radius 1 is 1.07 bits per heavy atom. The molecule has 8 heteroatoms. The lowest BCUT2D eigenvalue weighted by molar-refractivity contribution is -0.139. The van der Waals surface area contributed by atoms with Crippen molar-refractivity contribution in [2.24, 2.45) is 5.92 Å². The van der Waals surface area contributed by atoms with Crippen LogP contribution in [0, 0.1) is 5.92 Å². The second-order valence-electron chi connectivity index (χ2n) is 7.90. The molecular weight excluding hydrogens is 394 g/mol. The number of likely N-dealkylation sites (tertiary alicyclic amines) is 1. The Morgan fingerprint density at radius 2 is 1.72 bits per heavy atom. The Kier molecular flexibility index (Phi) is 7.91. The van der Waals surface area contributed by atoms with Crippen molar-refractivity contribution in [3.05, 3.63) is 29.8 Å². The van der Waals surface area contributed by atoms with E-state index in [0.717, 1.165) is 44.5 Å². The number of carbonyl (C=O) groups is 1. The quantitative estimate of drug-likeness (QED) is 0.509. The summed E-state index contributed by atoms with van der Waals surface area (Å²) in [6.07, 6.45) is 4.59. The van der Waals surface area contributed by atoms with Gasteiger partial charge in [0, 0.05) is 32.2 Å². The molecule has 0 atom stereocenters. The predicted octanol–water partition coefficient (Wildman–Crippen LogP) is 2.87. The highest BCUT2D eigenvalue weighted by Gasteiger charge is 2.29. The maximum atomic E-state index is 12.6. The van der Waals surface area contributed by atoms with E-state index in [1.165, 1.54) is 5.56 Å². The zero-order chi connectivity index (χ0) is 20.7. The number of rotatable bonds is 8. The van der Waals surface area contributed by atoms with E-state index in [9.17, 15) is 13.2 Å². The van der Waals surface area contributed by atoms with Gasteiger partial charge in [-0.2, -0.15) is 8.42 Å². The summed E-state index contributed by atoms with van der Waals surface area (Å²) in [5.41, 5.74) is 1.27. The fourth-order valence-corrected chi connectivity index (χ4v) is 4.62. The molecule has 0 bridgehead atoms. The van der Waals surface area contributed by atoms with Gasteiger partial charge in [-0.05, 0) is 62.1 Å². The summed E-state index contributed by atoms with van der Waals surface area (Å²) < 4.78 is 41.1. The maximum Gasteiger partial charge on any atom is 0.264 e. The second-order valence-corrected chi connectivity index (χ2v) is 9.47. The van der Waals surface area contributed by atoms with E-state index in [0.29, 0.717) is 44.5 Å². The molecule has 1 aromatic carbocycles. The van der Waals surface area contributed by atoms with E-state index < -0.39 is 10.1 Å². The third kappa shape index (κ3) is 6.97. The number of hydrogen-bond donors (Lipinski definition) is 1. The minimum Gasteiger partial charge on any atom is -0.494 e. The molecule has 7 nitrogen and oxygen atoms in total. The molecule has 0 radical (unpaired) electrons. The Labute approximate surface area is 173 Å². The first-order valence-corrected chi connectivity index (χ1v) is 12.1. The van der Waals surface area contributed by atoms with Crippen LogP contribution in [-0.2, 0) is 19.6 Å². The maximum absolute atomic E-state index is 12.6. The molecule has 29 heavy (non-hydrogen) atoms. The lowest BCUT2D eigenvalue weighted by Gasteiger charge is -2.35. The van der Waals surface area contributed by atoms with Crippen molar-refractivity contribution in [2.45, 2.75) is 44.4 Å². The van der Waals surface area contributed by atoms with Crippen molar-refractivity contribution in [2.75, 3.05) is 38.7 Å². The molecule has 2 saturated heterocycles. The van der Waals surface area contributed by atoms with Crippen LogP contribution in [0.3, 0.4) is 0 Å².